The lowest BCUT2D eigenvalue weighted by atomic mass is 9.96. The van der Waals surface area contributed by atoms with Crippen LogP contribution in [0.5, 0.6) is 5.75 Å². The molecule has 0 spiro atoms. The molecule has 0 aromatic heterocycles. The van der Waals surface area contributed by atoms with E-state index in [0.29, 0.717) is 27.6 Å². The maximum atomic E-state index is 11.8. The molecule has 2 rings (SSSR count). The average Bonchev–Trinajstić information content (AvgIpc) is 2.45. The van der Waals surface area contributed by atoms with Crippen molar-refractivity contribution in [1.29, 1.82) is 0 Å². The molecule has 4 heteroatoms. The van der Waals surface area contributed by atoms with Crippen molar-refractivity contribution in [2.75, 3.05) is 0 Å². The van der Waals surface area contributed by atoms with Gasteiger partial charge in [-0.05, 0) is 44.4 Å². The van der Waals surface area contributed by atoms with E-state index in [1.54, 1.807) is 37.3 Å². The number of hydrogen-bond donors (Lipinski definition) is 0. The fraction of sp³-hybridized carbons (Fsp3) is 0.167. The molecular weight excluding hydrogens is 280 g/mol. The van der Waals surface area contributed by atoms with Crippen LogP contribution in [0.15, 0.2) is 42.5 Å². The highest BCUT2D eigenvalue weighted by atomic mass is 16.5. The molecule has 0 atom stereocenters. The van der Waals surface area contributed by atoms with Gasteiger partial charge in [-0.3, -0.25) is 9.59 Å². The smallest absolute Gasteiger partial charge is 0.338 e. The van der Waals surface area contributed by atoms with Crippen LogP contribution in [0.2, 0.25) is 0 Å². The minimum Gasteiger partial charge on any atom is -0.423 e. The van der Waals surface area contributed by atoms with Gasteiger partial charge in [0.15, 0.2) is 11.6 Å². The Labute approximate surface area is 128 Å². The quantitative estimate of drug-likeness (QED) is 0.373. The highest BCUT2D eigenvalue weighted by Crippen LogP contribution is 2.30. The van der Waals surface area contributed by atoms with E-state index in [-0.39, 0.29) is 17.1 Å². The van der Waals surface area contributed by atoms with E-state index in [1.165, 1.54) is 13.8 Å². The van der Waals surface area contributed by atoms with Crippen molar-refractivity contribution in [3.05, 3.63) is 53.6 Å². The summed E-state index contributed by atoms with van der Waals surface area (Å²) in [5.74, 6) is -0.567. The largest absolute Gasteiger partial charge is 0.423 e. The third kappa shape index (κ3) is 2.96. The highest BCUT2D eigenvalue weighted by molar-refractivity contribution is 6.12. The monoisotopic (exact) mass is 296 g/mol. The van der Waals surface area contributed by atoms with Gasteiger partial charge in [-0.1, -0.05) is 18.7 Å². The van der Waals surface area contributed by atoms with Crippen molar-refractivity contribution in [2.45, 2.75) is 20.8 Å². The predicted octanol–water partition coefficient (Wildman–Crippen LogP) is 3.73. The lowest BCUT2D eigenvalue weighted by Crippen LogP contribution is -2.09. The third-order valence-corrected chi connectivity index (χ3v) is 3.29. The average molecular weight is 296 g/mol. The van der Waals surface area contributed by atoms with Crippen molar-refractivity contribution in [2.24, 2.45) is 0 Å². The Morgan fingerprint density at radius 1 is 0.955 bits per heavy atom. The summed E-state index contributed by atoms with van der Waals surface area (Å²) in [7, 11) is 0. The molecule has 0 radical (unpaired) electrons. The molecule has 0 fully saturated rings. The van der Waals surface area contributed by atoms with E-state index < -0.39 is 5.97 Å². The van der Waals surface area contributed by atoms with Crippen LogP contribution in [0.1, 0.15) is 41.5 Å². The molecule has 0 saturated heterocycles. The van der Waals surface area contributed by atoms with Crippen LogP contribution >= 0.6 is 0 Å². The lowest BCUT2D eigenvalue weighted by molar-refractivity contribution is -0.129. The number of esters is 1. The molecule has 0 bridgehead atoms. The van der Waals surface area contributed by atoms with Crippen molar-refractivity contribution >= 4 is 28.3 Å². The first kappa shape index (κ1) is 15.6. The number of Topliss-reactive ketones (excluding diaryl/α,β-unsaturated/α-hetero) is 2. The zero-order valence-corrected chi connectivity index (χ0v) is 12.7. The normalized spacial score (nSPS) is 10.3. The summed E-state index contributed by atoms with van der Waals surface area (Å²) >= 11 is 0. The molecule has 2 aromatic carbocycles. The van der Waals surface area contributed by atoms with E-state index in [9.17, 15) is 14.4 Å². The Kier molecular flexibility index (Phi) is 4.22. The van der Waals surface area contributed by atoms with Crippen LogP contribution in [0.3, 0.4) is 0 Å². The second-order valence-corrected chi connectivity index (χ2v) is 5.16. The minimum absolute atomic E-state index is 0.156. The summed E-state index contributed by atoms with van der Waals surface area (Å²) in [4.78, 5) is 35.3. The van der Waals surface area contributed by atoms with Gasteiger partial charge >= 0.3 is 5.97 Å². The molecule has 22 heavy (non-hydrogen) atoms. The van der Waals surface area contributed by atoms with Crippen LogP contribution in [0.25, 0.3) is 10.8 Å². The molecule has 0 heterocycles. The standard InChI is InChI=1S/C18H16O4/c1-10(2)18(21)22-17-7-5-6-14-15(12(4)20)8-13(11(3)19)9-16(14)17/h5-9H,1H2,2-4H3. The first-order valence-electron chi connectivity index (χ1n) is 6.77. The van der Waals surface area contributed by atoms with Crippen molar-refractivity contribution in [3.63, 3.8) is 0 Å². The zero-order valence-electron chi connectivity index (χ0n) is 12.7. The predicted molar refractivity (Wildman–Crippen MR) is 84.4 cm³/mol. The van der Waals surface area contributed by atoms with Crippen molar-refractivity contribution in [3.8, 4) is 5.75 Å². The highest BCUT2D eigenvalue weighted by Gasteiger charge is 2.15. The van der Waals surface area contributed by atoms with Crippen LogP contribution in [-0.2, 0) is 4.79 Å². The Hall–Kier alpha value is -2.75. The van der Waals surface area contributed by atoms with Crippen molar-refractivity contribution in [1.82, 2.24) is 0 Å². The van der Waals surface area contributed by atoms with Crippen LogP contribution in [0, 0.1) is 0 Å². The molecule has 0 amide bonds. The fourth-order valence-electron chi connectivity index (χ4n) is 2.13. The molecule has 0 saturated carbocycles. The zero-order chi connectivity index (χ0) is 16.4. The Balaban J connectivity index is 2.74. The third-order valence-electron chi connectivity index (χ3n) is 3.29. The first-order chi connectivity index (χ1) is 10.3. The van der Waals surface area contributed by atoms with Gasteiger partial charge in [-0.2, -0.15) is 0 Å². The number of carbonyl (C=O) groups is 3. The topological polar surface area (TPSA) is 60.4 Å². The van der Waals surface area contributed by atoms with E-state index in [2.05, 4.69) is 6.58 Å². The number of fused-ring (bicyclic) bond motifs is 1. The molecule has 0 aliphatic heterocycles. The lowest BCUT2D eigenvalue weighted by Gasteiger charge is -2.11. The molecule has 112 valence electrons. The second kappa shape index (κ2) is 5.93. The van der Waals surface area contributed by atoms with E-state index >= 15 is 0 Å². The van der Waals surface area contributed by atoms with E-state index in [4.69, 9.17) is 4.74 Å². The molecule has 0 aliphatic carbocycles. The van der Waals surface area contributed by atoms with E-state index in [0.717, 1.165) is 0 Å². The van der Waals surface area contributed by atoms with Gasteiger partial charge in [0.25, 0.3) is 0 Å². The summed E-state index contributed by atoms with van der Waals surface area (Å²) in [5, 5.41) is 1.19. The number of rotatable bonds is 4. The molecule has 0 aliphatic rings. The Morgan fingerprint density at radius 2 is 1.64 bits per heavy atom. The summed E-state index contributed by atoms with van der Waals surface area (Å²) < 4.78 is 5.30. The fourth-order valence-corrected chi connectivity index (χ4v) is 2.13. The van der Waals surface area contributed by atoms with Crippen LogP contribution in [-0.4, -0.2) is 17.5 Å². The number of hydrogen-bond acceptors (Lipinski definition) is 4. The van der Waals surface area contributed by atoms with Gasteiger partial charge in [-0.25, -0.2) is 4.79 Å². The Bertz CT molecular complexity index is 815. The van der Waals surface area contributed by atoms with Crippen LogP contribution in [0.4, 0.5) is 0 Å². The maximum absolute atomic E-state index is 11.8. The molecule has 0 unspecified atom stereocenters. The molecule has 0 N–H and O–H groups in total. The summed E-state index contributed by atoms with van der Waals surface area (Å²) in [5.41, 5.74) is 1.10. The van der Waals surface area contributed by atoms with E-state index in [1.807, 2.05) is 0 Å². The number of ketones is 2. The first-order valence-corrected chi connectivity index (χ1v) is 6.77. The number of ether oxygens (including phenoxy) is 1. The SMILES string of the molecule is C=C(C)C(=O)Oc1cccc2c(C(C)=O)cc(C(C)=O)cc12. The maximum Gasteiger partial charge on any atom is 0.338 e. The van der Waals surface area contributed by atoms with Crippen LogP contribution < -0.4 is 4.74 Å². The minimum atomic E-state index is -0.551. The van der Waals surface area contributed by atoms with Gasteiger partial charge in [0.1, 0.15) is 5.75 Å². The summed E-state index contributed by atoms with van der Waals surface area (Å²) in [6.45, 7) is 7.95. The molecule has 2 aromatic rings. The number of benzene rings is 2. The van der Waals surface area contributed by atoms with Gasteiger partial charge < -0.3 is 4.74 Å². The number of carbonyl (C=O) groups excluding carboxylic acids is 3. The van der Waals surface area contributed by atoms with Gasteiger partial charge in [0, 0.05) is 22.1 Å². The van der Waals surface area contributed by atoms with Gasteiger partial charge in [-0.15, -0.1) is 0 Å². The van der Waals surface area contributed by atoms with Gasteiger partial charge in [0.05, 0.1) is 0 Å². The second-order valence-electron chi connectivity index (χ2n) is 5.16. The Morgan fingerprint density at radius 3 is 2.18 bits per heavy atom. The van der Waals surface area contributed by atoms with Gasteiger partial charge in [0.2, 0.25) is 0 Å². The summed E-state index contributed by atoms with van der Waals surface area (Å²) in [6, 6.07) is 8.27. The molecule has 4 nitrogen and oxygen atoms in total. The molecular formula is C18H16O4. The summed E-state index contributed by atoms with van der Waals surface area (Å²) in [6.07, 6.45) is 0. The van der Waals surface area contributed by atoms with Crippen molar-refractivity contribution < 1.29 is 19.1 Å².